The monoisotopic (exact) mass is 352 g/mol. The molecule has 6 nitrogen and oxygen atoms in total. The summed E-state index contributed by atoms with van der Waals surface area (Å²) in [5, 5.41) is 3.06. The molecule has 0 bridgehead atoms. The Kier molecular flexibility index (Phi) is 5.99. The predicted octanol–water partition coefficient (Wildman–Crippen LogP) is 2.80. The van der Waals surface area contributed by atoms with Crippen molar-refractivity contribution in [2.45, 2.75) is 31.8 Å². The quantitative estimate of drug-likeness (QED) is 0.484. The van der Waals surface area contributed by atoms with Crippen LogP contribution in [0.1, 0.15) is 13.8 Å². The molecule has 0 aliphatic carbocycles. The minimum Gasteiger partial charge on any atom is -0.466 e. The van der Waals surface area contributed by atoms with Gasteiger partial charge in [-0.15, -0.1) is 0 Å². The topological polar surface area (TPSA) is 76.7 Å². The highest BCUT2D eigenvalue weighted by Gasteiger charge is 2.64. The zero-order valence-corrected chi connectivity index (χ0v) is 13.0. The highest BCUT2D eigenvalue weighted by Crippen LogP contribution is 2.33. The van der Waals surface area contributed by atoms with E-state index in [1.807, 2.05) is 0 Å². The number of amides is 1. The molecule has 0 spiro atoms. The molecule has 0 heterocycles. The summed E-state index contributed by atoms with van der Waals surface area (Å²) >= 11 is 0. The van der Waals surface area contributed by atoms with Crippen molar-refractivity contribution in [2.75, 3.05) is 12.4 Å². The molecule has 24 heavy (non-hydrogen) atoms. The molecule has 0 aliphatic rings. The molecule has 1 atom stereocenters. The van der Waals surface area contributed by atoms with E-state index in [-0.39, 0.29) is 0 Å². The molecule has 0 unspecified atom stereocenters. The molecule has 0 aliphatic heterocycles. The Morgan fingerprint density at radius 1 is 1.17 bits per heavy atom. The average molecular weight is 352 g/mol. The molecule has 0 saturated carbocycles. The Hall–Kier alpha value is -2.52. The van der Waals surface area contributed by atoms with Gasteiger partial charge in [-0.25, -0.2) is 14.0 Å². The van der Waals surface area contributed by atoms with Crippen LogP contribution >= 0.6 is 0 Å². The Morgan fingerprint density at radius 2 is 1.75 bits per heavy atom. The fourth-order valence-electron chi connectivity index (χ4n) is 1.71. The maximum Gasteiger partial charge on any atom is 0.442 e. The SMILES string of the molecule is COC(=O)[C@](NC(=O)OC(C)C)(Nc1ccccc1F)C(F)(F)F. The molecule has 2 N–H and O–H groups in total. The molecular weight excluding hydrogens is 336 g/mol. The normalized spacial score (nSPS) is 13.8. The zero-order chi connectivity index (χ0) is 18.5. The summed E-state index contributed by atoms with van der Waals surface area (Å²) in [5.41, 5.74) is -4.39. The van der Waals surface area contributed by atoms with Crippen molar-refractivity contribution in [3.8, 4) is 0 Å². The summed E-state index contributed by atoms with van der Waals surface area (Å²) in [6, 6.07) is 4.34. The van der Waals surface area contributed by atoms with Crippen molar-refractivity contribution in [2.24, 2.45) is 0 Å². The summed E-state index contributed by atoms with van der Waals surface area (Å²) in [4.78, 5) is 23.5. The number of esters is 1. The van der Waals surface area contributed by atoms with Crippen LogP contribution in [0.3, 0.4) is 0 Å². The number of anilines is 1. The minimum atomic E-state index is -5.36. The molecule has 0 radical (unpaired) electrons. The van der Waals surface area contributed by atoms with Crippen LogP contribution in [0.4, 0.5) is 28.0 Å². The third-order valence-corrected chi connectivity index (χ3v) is 2.75. The van der Waals surface area contributed by atoms with Crippen LogP contribution in [0, 0.1) is 5.82 Å². The van der Waals surface area contributed by atoms with E-state index in [1.165, 1.54) is 31.3 Å². The molecule has 1 aromatic rings. The maximum absolute atomic E-state index is 13.7. The van der Waals surface area contributed by atoms with Gasteiger partial charge in [-0.05, 0) is 26.0 Å². The van der Waals surface area contributed by atoms with E-state index >= 15 is 0 Å². The second kappa shape index (κ2) is 7.37. The van der Waals surface area contributed by atoms with Gasteiger partial charge < -0.3 is 14.8 Å². The number of rotatable bonds is 5. The first-order valence-corrected chi connectivity index (χ1v) is 6.70. The fraction of sp³-hybridized carbons (Fsp3) is 0.429. The molecule has 10 heteroatoms. The summed E-state index contributed by atoms with van der Waals surface area (Å²) in [6.45, 7) is 2.80. The Morgan fingerprint density at radius 3 is 2.21 bits per heavy atom. The number of carbonyl (C=O) groups excluding carboxylic acids is 2. The standard InChI is InChI=1S/C14H16F4N2O4/c1-8(2)24-12(22)20-13(11(21)23-3,14(16,17)18)19-10-7-5-4-6-9(10)15/h4-8,19H,1-3H3,(H,20,22)/t13-/m1/s1. The van der Waals surface area contributed by atoms with Crippen molar-refractivity contribution < 1.29 is 36.6 Å². The lowest BCUT2D eigenvalue weighted by Crippen LogP contribution is -2.69. The number of hydrogen-bond acceptors (Lipinski definition) is 5. The van der Waals surface area contributed by atoms with Crippen molar-refractivity contribution in [3.63, 3.8) is 0 Å². The first-order valence-electron chi connectivity index (χ1n) is 6.70. The maximum atomic E-state index is 13.7. The van der Waals surface area contributed by atoms with Crippen LogP contribution in [-0.2, 0) is 14.3 Å². The number of benzene rings is 1. The molecule has 1 rings (SSSR count). The smallest absolute Gasteiger partial charge is 0.442 e. The molecular formula is C14H16F4N2O4. The molecule has 134 valence electrons. The number of carbonyl (C=O) groups is 2. The number of methoxy groups -OCH3 is 1. The van der Waals surface area contributed by atoms with Gasteiger partial charge in [0.2, 0.25) is 0 Å². The lowest BCUT2D eigenvalue weighted by atomic mass is 10.1. The Balaban J connectivity index is 3.34. The lowest BCUT2D eigenvalue weighted by molar-refractivity contribution is -0.204. The van der Waals surface area contributed by atoms with E-state index in [9.17, 15) is 27.2 Å². The van der Waals surface area contributed by atoms with E-state index in [4.69, 9.17) is 0 Å². The van der Waals surface area contributed by atoms with E-state index in [0.717, 1.165) is 12.1 Å². The van der Waals surface area contributed by atoms with Crippen LogP contribution < -0.4 is 10.6 Å². The molecule has 1 aromatic carbocycles. The number of para-hydroxylation sites is 1. The van der Waals surface area contributed by atoms with Crippen LogP contribution in [0.25, 0.3) is 0 Å². The number of alkyl halides is 3. The van der Waals surface area contributed by atoms with Gasteiger partial charge in [0.15, 0.2) is 0 Å². The van der Waals surface area contributed by atoms with E-state index < -0.39 is 41.5 Å². The third kappa shape index (κ3) is 4.27. The van der Waals surface area contributed by atoms with Crippen LogP contribution in [-0.4, -0.2) is 37.1 Å². The number of ether oxygens (including phenoxy) is 2. The lowest BCUT2D eigenvalue weighted by Gasteiger charge is -2.34. The third-order valence-electron chi connectivity index (χ3n) is 2.75. The number of alkyl carbamates (subject to hydrolysis) is 1. The van der Waals surface area contributed by atoms with Crippen molar-refractivity contribution in [1.82, 2.24) is 5.32 Å². The first-order chi connectivity index (χ1) is 11.0. The van der Waals surface area contributed by atoms with Gasteiger partial charge in [0.05, 0.1) is 18.9 Å². The van der Waals surface area contributed by atoms with Gasteiger partial charge in [-0.2, -0.15) is 13.2 Å². The predicted molar refractivity (Wildman–Crippen MR) is 75.6 cm³/mol. The van der Waals surface area contributed by atoms with Gasteiger partial charge in [0.25, 0.3) is 0 Å². The summed E-state index contributed by atoms with van der Waals surface area (Å²) in [6.07, 6.45) is -7.64. The van der Waals surface area contributed by atoms with Crippen LogP contribution in [0.5, 0.6) is 0 Å². The highest BCUT2D eigenvalue weighted by molar-refractivity contribution is 5.89. The highest BCUT2D eigenvalue weighted by atomic mass is 19.4. The number of halogens is 4. The van der Waals surface area contributed by atoms with Gasteiger partial charge in [-0.1, -0.05) is 12.1 Å². The minimum absolute atomic E-state index is 0.662. The summed E-state index contributed by atoms with van der Waals surface area (Å²) in [7, 11) is 0.696. The average Bonchev–Trinajstić information content (AvgIpc) is 2.45. The largest absolute Gasteiger partial charge is 0.466 e. The van der Waals surface area contributed by atoms with Crippen molar-refractivity contribution >= 4 is 17.7 Å². The Bertz CT molecular complexity index is 607. The van der Waals surface area contributed by atoms with Crippen molar-refractivity contribution in [1.29, 1.82) is 0 Å². The fourth-order valence-corrected chi connectivity index (χ4v) is 1.71. The van der Waals surface area contributed by atoms with Crippen molar-refractivity contribution in [3.05, 3.63) is 30.1 Å². The van der Waals surface area contributed by atoms with E-state index in [0.29, 0.717) is 7.11 Å². The van der Waals surface area contributed by atoms with Gasteiger partial charge in [0, 0.05) is 0 Å². The van der Waals surface area contributed by atoms with E-state index in [1.54, 1.807) is 5.32 Å². The second-order valence-electron chi connectivity index (χ2n) is 4.92. The van der Waals surface area contributed by atoms with E-state index in [2.05, 4.69) is 9.47 Å². The molecule has 0 saturated heterocycles. The van der Waals surface area contributed by atoms with Crippen LogP contribution in [0.2, 0.25) is 0 Å². The molecule has 0 aromatic heterocycles. The summed E-state index contributed by atoms with van der Waals surface area (Å²) in [5.74, 6) is -2.95. The molecule has 0 fully saturated rings. The number of hydrogen-bond donors (Lipinski definition) is 2. The van der Waals surface area contributed by atoms with Gasteiger partial charge in [-0.3, -0.25) is 5.32 Å². The summed E-state index contributed by atoms with van der Waals surface area (Å²) < 4.78 is 63.1. The molecule has 1 amide bonds. The van der Waals surface area contributed by atoms with Gasteiger partial charge in [0.1, 0.15) is 5.82 Å². The number of nitrogens with one attached hydrogen (secondary N) is 2. The van der Waals surface area contributed by atoms with Crippen LogP contribution in [0.15, 0.2) is 24.3 Å². The Labute approximate surface area is 135 Å². The van der Waals surface area contributed by atoms with Gasteiger partial charge >= 0.3 is 23.9 Å². The first kappa shape index (κ1) is 19.5. The zero-order valence-electron chi connectivity index (χ0n) is 13.0. The second-order valence-corrected chi connectivity index (χ2v) is 4.92.